The minimum atomic E-state index is 0.131. The van der Waals surface area contributed by atoms with Crippen LogP contribution in [0.25, 0.3) is 0 Å². The molecule has 2 unspecified atom stereocenters. The third kappa shape index (κ3) is 2.53. The van der Waals surface area contributed by atoms with Crippen molar-refractivity contribution in [1.29, 1.82) is 0 Å². The Morgan fingerprint density at radius 2 is 2.05 bits per heavy atom. The molecule has 0 spiro atoms. The molecular weight excluding hydrogens is 254 g/mol. The molecular formula is C16H19NOS. The average molecular weight is 273 g/mol. The van der Waals surface area contributed by atoms with Gasteiger partial charge in [0.05, 0.1) is 6.61 Å². The van der Waals surface area contributed by atoms with Gasteiger partial charge in [0, 0.05) is 27.3 Å². The zero-order valence-electron chi connectivity index (χ0n) is 11.1. The highest BCUT2D eigenvalue weighted by molar-refractivity contribution is 7.11. The largest absolute Gasteiger partial charge is 0.493 e. The second-order valence-electron chi connectivity index (χ2n) is 5.04. The lowest BCUT2D eigenvalue weighted by molar-refractivity contribution is 0.313. The van der Waals surface area contributed by atoms with Gasteiger partial charge in [-0.2, -0.15) is 0 Å². The van der Waals surface area contributed by atoms with Gasteiger partial charge in [-0.25, -0.2) is 0 Å². The fourth-order valence-corrected chi connectivity index (χ4v) is 3.67. The Hall–Kier alpha value is -1.32. The van der Waals surface area contributed by atoms with E-state index in [9.17, 15) is 0 Å². The molecule has 3 rings (SSSR count). The van der Waals surface area contributed by atoms with E-state index in [-0.39, 0.29) is 6.04 Å². The molecule has 0 bridgehead atoms. The summed E-state index contributed by atoms with van der Waals surface area (Å²) in [4.78, 5) is 2.82. The summed E-state index contributed by atoms with van der Waals surface area (Å²) in [5, 5.41) is 0. The molecule has 0 fully saturated rings. The van der Waals surface area contributed by atoms with Crippen molar-refractivity contribution in [3.8, 4) is 5.75 Å². The Morgan fingerprint density at radius 3 is 2.84 bits per heavy atom. The zero-order valence-corrected chi connectivity index (χ0v) is 12.0. The van der Waals surface area contributed by atoms with E-state index in [4.69, 9.17) is 10.5 Å². The minimum absolute atomic E-state index is 0.131. The summed E-state index contributed by atoms with van der Waals surface area (Å²) in [5.74, 6) is 1.33. The van der Waals surface area contributed by atoms with Crippen molar-refractivity contribution >= 4 is 11.3 Å². The van der Waals surface area contributed by atoms with Crippen LogP contribution in [0.1, 0.15) is 28.2 Å². The number of aryl methyl sites for hydroxylation is 1. The third-order valence-electron chi connectivity index (χ3n) is 3.76. The number of thiophene rings is 1. The van der Waals surface area contributed by atoms with Crippen LogP contribution in [0.4, 0.5) is 0 Å². The Balaban J connectivity index is 1.73. The Kier molecular flexibility index (Phi) is 3.58. The number of ether oxygens (including phenoxy) is 1. The standard InChI is InChI=1S/C16H19NOS/c1-2-11-7-8-12(19-11)9-15(17)14-10-18-16-6-4-3-5-13(14)16/h3-8,14-15H,2,9-10,17H2,1H3. The smallest absolute Gasteiger partial charge is 0.122 e. The lowest BCUT2D eigenvalue weighted by Gasteiger charge is -2.17. The van der Waals surface area contributed by atoms with Crippen LogP contribution in [0.5, 0.6) is 5.75 Å². The second kappa shape index (κ2) is 5.35. The molecule has 1 aromatic heterocycles. The van der Waals surface area contributed by atoms with E-state index in [0.29, 0.717) is 12.5 Å². The Morgan fingerprint density at radius 1 is 1.26 bits per heavy atom. The molecule has 100 valence electrons. The van der Waals surface area contributed by atoms with Gasteiger partial charge in [0.2, 0.25) is 0 Å². The Bertz CT molecular complexity index is 563. The molecule has 1 aliphatic rings. The molecule has 0 radical (unpaired) electrons. The maximum Gasteiger partial charge on any atom is 0.122 e. The molecule has 0 aliphatic carbocycles. The van der Waals surface area contributed by atoms with Crippen molar-refractivity contribution in [3.63, 3.8) is 0 Å². The van der Waals surface area contributed by atoms with Gasteiger partial charge in [-0.1, -0.05) is 25.1 Å². The lowest BCUT2D eigenvalue weighted by Crippen LogP contribution is -2.31. The molecule has 3 heteroatoms. The van der Waals surface area contributed by atoms with Gasteiger partial charge in [0.1, 0.15) is 5.75 Å². The first-order valence-electron chi connectivity index (χ1n) is 6.83. The van der Waals surface area contributed by atoms with Crippen LogP contribution in [0.15, 0.2) is 36.4 Å². The van der Waals surface area contributed by atoms with E-state index in [0.717, 1.165) is 18.6 Å². The summed E-state index contributed by atoms with van der Waals surface area (Å²) in [6.07, 6.45) is 2.04. The molecule has 2 nitrogen and oxygen atoms in total. The van der Waals surface area contributed by atoms with Crippen molar-refractivity contribution in [2.45, 2.75) is 31.7 Å². The maximum atomic E-state index is 6.40. The summed E-state index contributed by atoms with van der Waals surface area (Å²) >= 11 is 1.88. The molecule has 0 saturated heterocycles. The van der Waals surface area contributed by atoms with Crippen molar-refractivity contribution < 1.29 is 4.74 Å². The normalized spacial score (nSPS) is 18.9. The van der Waals surface area contributed by atoms with Crippen LogP contribution in [0, 0.1) is 0 Å². The van der Waals surface area contributed by atoms with E-state index < -0.39 is 0 Å². The average Bonchev–Trinajstić information content (AvgIpc) is 3.04. The quantitative estimate of drug-likeness (QED) is 0.927. The Labute approximate surface area is 118 Å². The molecule has 2 N–H and O–H groups in total. The fourth-order valence-electron chi connectivity index (χ4n) is 2.64. The van der Waals surface area contributed by atoms with Crippen LogP contribution in [-0.4, -0.2) is 12.6 Å². The SMILES string of the molecule is CCc1ccc(CC(N)C2COc3ccccc32)s1. The summed E-state index contributed by atoms with van der Waals surface area (Å²) in [6, 6.07) is 12.8. The molecule has 2 aromatic rings. The van der Waals surface area contributed by atoms with Crippen molar-refractivity contribution in [3.05, 3.63) is 51.7 Å². The number of fused-ring (bicyclic) bond motifs is 1. The summed E-state index contributed by atoms with van der Waals surface area (Å²) in [7, 11) is 0. The molecule has 1 aromatic carbocycles. The highest BCUT2D eigenvalue weighted by Gasteiger charge is 2.29. The van der Waals surface area contributed by atoms with Gasteiger partial charge >= 0.3 is 0 Å². The van der Waals surface area contributed by atoms with Crippen LogP contribution < -0.4 is 10.5 Å². The lowest BCUT2D eigenvalue weighted by atomic mass is 9.91. The molecule has 0 amide bonds. The predicted molar refractivity (Wildman–Crippen MR) is 80.1 cm³/mol. The highest BCUT2D eigenvalue weighted by atomic mass is 32.1. The number of rotatable bonds is 4. The van der Waals surface area contributed by atoms with Gasteiger partial charge in [0.25, 0.3) is 0 Å². The molecule has 19 heavy (non-hydrogen) atoms. The van der Waals surface area contributed by atoms with E-state index in [2.05, 4.69) is 31.2 Å². The summed E-state index contributed by atoms with van der Waals surface area (Å²) in [6.45, 7) is 2.91. The first-order chi connectivity index (χ1) is 9.28. The fraction of sp³-hybridized carbons (Fsp3) is 0.375. The van der Waals surface area contributed by atoms with Gasteiger partial charge in [0.15, 0.2) is 0 Å². The van der Waals surface area contributed by atoms with Crippen molar-refractivity contribution in [2.75, 3.05) is 6.61 Å². The van der Waals surface area contributed by atoms with Crippen LogP contribution in [0.2, 0.25) is 0 Å². The highest BCUT2D eigenvalue weighted by Crippen LogP contribution is 2.36. The number of nitrogens with two attached hydrogens (primary N) is 1. The van der Waals surface area contributed by atoms with E-state index in [1.165, 1.54) is 15.3 Å². The zero-order chi connectivity index (χ0) is 13.2. The summed E-state index contributed by atoms with van der Waals surface area (Å²) in [5.41, 5.74) is 7.67. The molecule has 0 saturated carbocycles. The third-order valence-corrected chi connectivity index (χ3v) is 5.01. The van der Waals surface area contributed by atoms with Crippen LogP contribution in [0.3, 0.4) is 0 Å². The van der Waals surface area contributed by atoms with E-state index in [1.54, 1.807) is 0 Å². The number of hydrogen-bond donors (Lipinski definition) is 1. The minimum Gasteiger partial charge on any atom is -0.493 e. The van der Waals surface area contributed by atoms with Crippen molar-refractivity contribution in [1.82, 2.24) is 0 Å². The first-order valence-corrected chi connectivity index (χ1v) is 7.64. The van der Waals surface area contributed by atoms with Gasteiger partial charge in [-0.15, -0.1) is 11.3 Å². The molecule has 1 aliphatic heterocycles. The molecule has 2 heterocycles. The van der Waals surface area contributed by atoms with Gasteiger partial charge in [-0.3, -0.25) is 0 Å². The van der Waals surface area contributed by atoms with Gasteiger partial charge in [-0.05, 0) is 31.0 Å². The monoisotopic (exact) mass is 273 g/mol. The summed E-state index contributed by atoms with van der Waals surface area (Å²) < 4.78 is 5.72. The number of benzene rings is 1. The number of hydrogen-bond acceptors (Lipinski definition) is 3. The first kappa shape index (κ1) is 12.7. The number of para-hydroxylation sites is 1. The van der Waals surface area contributed by atoms with E-state index in [1.807, 2.05) is 23.5 Å². The second-order valence-corrected chi connectivity index (χ2v) is 6.30. The van der Waals surface area contributed by atoms with Crippen LogP contribution in [-0.2, 0) is 12.8 Å². The topological polar surface area (TPSA) is 35.2 Å². The van der Waals surface area contributed by atoms with Crippen LogP contribution >= 0.6 is 11.3 Å². The maximum absolute atomic E-state index is 6.40. The van der Waals surface area contributed by atoms with E-state index >= 15 is 0 Å². The molecule has 2 atom stereocenters. The van der Waals surface area contributed by atoms with Crippen molar-refractivity contribution in [2.24, 2.45) is 5.73 Å². The van der Waals surface area contributed by atoms with Gasteiger partial charge < -0.3 is 10.5 Å². The predicted octanol–water partition coefficient (Wildman–Crippen LogP) is 3.36.